The smallest absolute Gasteiger partial charge is 0.331 e. The van der Waals surface area contributed by atoms with Crippen molar-refractivity contribution < 1.29 is 14.3 Å². The molecule has 0 aliphatic carbocycles. The maximum atomic E-state index is 12.3. The van der Waals surface area contributed by atoms with Crippen molar-refractivity contribution in [1.29, 1.82) is 0 Å². The molecule has 0 saturated carbocycles. The molecule has 0 aromatic rings. The Labute approximate surface area is 129 Å². The molecule has 0 aliphatic heterocycles. The fourth-order valence-corrected chi connectivity index (χ4v) is 2.57. The Bertz CT molecular complexity index is 310. The summed E-state index contributed by atoms with van der Waals surface area (Å²) >= 11 is 0. The van der Waals surface area contributed by atoms with Gasteiger partial charge in [0.15, 0.2) is 0 Å². The summed E-state index contributed by atoms with van der Waals surface area (Å²) in [5.41, 5.74) is 0. The van der Waals surface area contributed by atoms with E-state index in [1.165, 1.54) is 0 Å². The molecule has 0 bridgehead atoms. The van der Waals surface area contributed by atoms with Gasteiger partial charge in [0.05, 0.1) is 0 Å². The fraction of sp³-hybridized carbons (Fsp3) is 0.875. The molecule has 124 valence electrons. The molecule has 0 spiro atoms. The molecule has 2 unspecified atom stereocenters. The number of ether oxygens (including phenoxy) is 1. The van der Waals surface area contributed by atoms with Gasteiger partial charge >= 0.3 is 11.9 Å². The first-order valence-electron chi connectivity index (χ1n) is 7.75. The Morgan fingerprint density at radius 1 is 0.810 bits per heavy atom. The van der Waals surface area contributed by atoms with Gasteiger partial charge in [0.2, 0.25) is 0 Å². The van der Waals surface area contributed by atoms with E-state index in [1.54, 1.807) is 0 Å². The SMILES string of the molecule is CCC(C)C(C(=O)OC(=O)[C@H]([C@@H](C)CC)N(C)C)N(C)C. The molecule has 0 amide bonds. The minimum Gasteiger partial charge on any atom is -0.391 e. The minimum atomic E-state index is -0.450. The van der Waals surface area contributed by atoms with E-state index in [9.17, 15) is 9.59 Å². The number of hydrogen-bond donors (Lipinski definition) is 0. The first-order valence-corrected chi connectivity index (χ1v) is 7.75. The maximum Gasteiger partial charge on any atom is 0.331 e. The number of likely N-dealkylation sites (N-methyl/N-ethyl adjacent to an activating group) is 2. The zero-order chi connectivity index (χ0) is 16.7. The molecule has 0 N–H and O–H groups in total. The van der Waals surface area contributed by atoms with E-state index in [0.29, 0.717) is 0 Å². The Kier molecular flexibility index (Phi) is 8.74. The molecule has 5 nitrogen and oxygen atoms in total. The second kappa shape index (κ2) is 9.15. The number of nitrogens with zero attached hydrogens (tertiary/aromatic N) is 2. The minimum absolute atomic E-state index is 0.140. The van der Waals surface area contributed by atoms with Crippen LogP contribution in [0.1, 0.15) is 40.5 Å². The van der Waals surface area contributed by atoms with Crippen molar-refractivity contribution in [3.05, 3.63) is 0 Å². The summed E-state index contributed by atoms with van der Waals surface area (Å²) in [6.07, 6.45) is 1.71. The molecule has 4 atom stereocenters. The zero-order valence-electron chi connectivity index (χ0n) is 14.8. The first-order chi connectivity index (χ1) is 9.67. The first kappa shape index (κ1) is 20.1. The van der Waals surface area contributed by atoms with Crippen LogP contribution in [-0.4, -0.2) is 62.0 Å². The van der Waals surface area contributed by atoms with Crippen LogP contribution in [0.2, 0.25) is 0 Å². The van der Waals surface area contributed by atoms with Crippen LogP contribution in [0.15, 0.2) is 0 Å². The van der Waals surface area contributed by atoms with Gasteiger partial charge < -0.3 is 4.74 Å². The molecule has 0 heterocycles. The van der Waals surface area contributed by atoms with Crippen LogP contribution in [-0.2, 0) is 14.3 Å². The number of esters is 2. The third kappa shape index (κ3) is 5.75. The molecule has 0 radical (unpaired) electrons. The standard InChI is InChI=1S/C16H32N2O3/c1-9-11(3)13(17(5)6)15(19)21-16(20)14(18(7)8)12(4)10-2/h11-14H,9-10H2,1-8H3/t11-,12?,13-,14?/m0/s1. The fourth-order valence-electron chi connectivity index (χ4n) is 2.57. The third-order valence-electron chi connectivity index (χ3n) is 4.16. The molecular formula is C16H32N2O3. The quantitative estimate of drug-likeness (QED) is 0.507. The largest absolute Gasteiger partial charge is 0.391 e. The van der Waals surface area contributed by atoms with Crippen LogP contribution in [0.3, 0.4) is 0 Å². The molecular weight excluding hydrogens is 268 g/mol. The van der Waals surface area contributed by atoms with E-state index in [4.69, 9.17) is 4.74 Å². The molecule has 0 saturated heterocycles. The lowest BCUT2D eigenvalue weighted by molar-refractivity contribution is -0.168. The maximum absolute atomic E-state index is 12.3. The van der Waals surface area contributed by atoms with E-state index in [-0.39, 0.29) is 11.8 Å². The van der Waals surface area contributed by atoms with Crippen LogP contribution in [0.4, 0.5) is 0 Å². The van der Waals surface area contributed by atoms with E-state index >= 15 is 0 Å². The summed E-state index contributed by atoms with van der Waals surface area (Å²) in [5.74, 6) is -0.618. The Morgan fingerprint density at radius 3 is 1.29 bits per heavy atom. The van der Waals surface area contributed by atoms with Crippen molar-refractivity contribution in [2.75, 3.05) is 28.2 Å². The van der Waals surface area contributed by atoms with Gasteiger partial charge in [-0.15, -0.1) is 0 Å². The number of hydrogen-bond acceptors (Lipinski definition) is 5. The normalized spacial score (nSPS) is 17.4. The zero-order valence-corrected chi connectivity index (χ0v) is 14.8. The van der Waals surface area contributed by atoms with E-state index in [2.05, 4.69) is 0 Å². The lowest BCUT2D eigenvalue weighted by Gasteiger charge is -2.30. The van der Waals surface area contributed by atoms with Gasteiger partial charge in [0.25, 0.3) is 0 Å². The summed E-state index contributed by atoms with van der Waals surface area (Å²) in [5, 5.41) is 0. The molecule has 0 aromatic heterocycles. The average Bonchev–Trinajstić information content (AvgIpc) is 2.37. The lowest BCUT2D eigenvalue weighted by Crippen LogP contribution is -2.47. The van der Waals surface area contributed by atoms with Crippen LogP contribution in [0, 0.1) is 11.8 Å². The summed E-state index contributed by atoms with van der Waals surface area (Å²) in [6, 6.07) is -0.780. The highest BCUT2D eigenvalue weighted by atomic mass is 16.6. The predicted octanol–water partition coefficient (Wildman–Crippen LogP) is 2.01. The topological polar surface area (TPSA) is 49.9 Å². The third-order valence-corrected chi connectivity index (χ3v) is 4.16. The van der Waals surface area contributed by atoms with Gasteiger partial charge in [-0.1, -0.05) is 40.5 Å². The predicted molar refractivity (Wildman–Crippen MR) is 85.0 cm³/mol. The van der Waals surface area contributed by atoms with Gasteiger partial charge in [-0.3, -0.25) is 9.80 Å². The van der Waals surface area contributed by atoms with E-state index < -0.39 is 24.0 Å². The highest BCUT2D eigenvalue weighted by molar-refractivity contribution is 5.91. The van der Waals surface area contributed by atoms with Crippen molar-refractivity contribution in [3.63, 3.8) is 0 Å². The Morgan fingerprint density at radius 2 is 1.10 bits per heavy atom. The highest BCUT2D eigenvalue weighted by Crippen LogP contribution is 2.17. The molecule has 0 aromatic carbocycles. The summed E-state index contributed by atoms with van der Waals surface area (Å²) in [7, 11) is 7.34. The molecule has 0 aliphatic rings. The van der Waals surface area contributed by atoms with Gasteiger partial charge in [0.1, 0.15) is 12.1 Å². The van der Waals surface area contributed by atoms with Crippen LogP contribution >= 0.6 is 0 Å². The lowest BCUT2D eigenvalue weighted by atomic mass is 9.97. The van der Waals surface area contributed by atoms with Crippen LogP contribution < -0.4 is 0 Å². The van der Waals surface area contributed by atoms with Crippen LogP contribution in [0.25, 0.3) is 0 Å². The van der Waals surface area contributed by atoms with Crippen molar-refractivity contribution in [1.82, 2.24) is 9.80 Å². The highest BCUT2D eigenvalue weighted by Gasteiger charge is 2.34. The van der Waals surface area contributed by atoms with Gasteiger partial charge in [-0.2, -0.15) is 0 Å². The summed E-state index contributed by atoms with van der Waals surface area (Å²) < 4.78 is 5.18. The number of rotatable bonds is 8. The van der Waals surface area contributed by atoms with Crippen molar-refractivity contribution >= 4 is 11.9 Å². The van der Waals surface area contributed by atoms with Crippen molar-refractivity contribution in [2.45, 2.75) is 52.6 Å². The monoisotopic (exact) mass is 300 g/mol. The number of carbonyl (C=O) groups is 2. The molecule has 21 heavy (non-hydrogen) atoms. The molecule has 0 rings (SSSR count). The summed E-state index contributed by atoms with van der Waals surface area (Å²) in [6.45, 7) is 8.04. The number of carbonyl (C=O) groups excluding carboxylic acids is 2. The summed E-state index contributed by atoms with van der Waals surface area (Å²) in [4.78, 5) is 28.3. The second-order valence-electron chi connectivity index (χ2n) is 6.33. The van der Waals surface area contributed by atoms with Gasteiger partial charge in [0, 0.05) is 0 Å². The average molecular weight is 300 g/mol. The molecule has 5 heteroatoms. The van der Waals surface area contributed by atoms with Crippen LogP contribution in [0.5, 0.6) is 0 Å². The second-order valence-corrected chi connectivity index (χ2v) is 6.33. The molecule has 0 fully saturated rings. The van der Waals surface area contributed by atoms with E-state index in [1.807, 2.05) is 65.7 Å². The van der Waals surface area contributed by atoms with Gasteiger partial charge in [-0.25, -0.2) is 9.59 Å². The van der Waals surface area contributed by atoms with E-state index in [0.717, 1.165) is 12.8 Å². The van der Waals surface area contributed by atoms with Gasteiger partial charge in [-0.05, 0) is 40.0 Å². The Hall–Kier alpha value is -0.940. The van der Waals surface area contributed by atoms with Crippen molar-refractivity contribution in [3.8, 4) is 0 Å². The Balaban J connectivity index is 4.99. The van der Waals surface area contributed by atoms with Crippen molar-refractivity contribution in [2.24, 2.45) is 11.8 Å².